The Labute approximate surface area is 93.6 Å². The van der Waals surface area contributed by atoms with Crippen molar-refractivity contribution >= 4 is 11.7 Å². The van der Waals surface area contributed by atoms with E-state index in [1.54, 1.807) is 12.1 Å². The summed E-state index contributed by atoms with van der Waals surface area (Å²) >= 11 is 0. The molecule has 1 aromatic heterocycles. The predicted molar refractivity (Wildman–Crippen MR) is 60.0 cm³/mol. The third kappa shape index (κ3) is 2.27. The highest BCUT2D eigenvalue weighted by Gasteiger charge is 2.18. The maximum atomic E-state index is 10.8. The molecule has 0 unspecified atom stereocenters. The fourth-order valence-corrected chi connectivity index (χ4v) is 1.84. The Balaban J connectivity index is 2.11. The molecule has 0 radical (unpaired) electrons. The highest BCUT2D eigenvalue weighted by Crippen LogP contribution is 2.15. The first-order valence-electron chi connectivity index (χ1n) is 5.31. The molecule has 0 saturated carbocycles. The maximum absolute atomic E-state index is 10.8. The second kappa shape index (κ2) is 4.44. The lowest BCUT2D eigenvalue weighted by molar-refractivity contribution is 0.0994. The van der Waals surface area contributed by atoms with Crippen LogP contribution in [0.4, 0.5) is 5.82 Å². The standard InChI is InChI=1S/C10H15N5O/c11-7-2-1-5-15(6-7)9-4-3-8(10(12)16)13-14-9/h3-4,7H,1-2,5-6,11H2,(H2,12,16)/t7-/m1/s1. The fourth-order valence-electron chi connectivity index (χ4n) is 1.84. The Morgan fingerprint density at radius 1 is 1.44 bits per heavy atom. The summed E-state index contributed by atoms with van der Waals surface area (Å²) in [7, 11) is 0. The molecule has 0 bridgehead atoms. The molecule has 1 aliphatic rings. The average molecular weight is 221 g/mol. The number of primary amides is 1. The quantitative estimate of drug-likeness (QED) is 0.701. The number of carbonyl (C=O) groups excluding carboxylic acids is 1. The summed E-state index contributed by atoms with van der Waals surface area (Å²) < 4.78 is 0. The molecule has 6 heteroatoms. The lowest BCUT2D eigenvalue weighted by Gasteiger charge is -2.31. The molecule has 1 fully saturated rings. The highest BCUT2D eigenvalue weighted by molar-refractivity contribution is 5.90. The first kappa shape index (κ1) is 10.8. The van der Waals surface area contributed by atoms with Gasteiger partial charge >= 0.3 is 0 Å². The van der Waals surface area contributed by atoms with Gasteiger partial charge in [0.15, 0.2) is 11.5 Å². The Morgan fingerprint density at radius 2 is 2.25 bits per heavy atom. The molecule has 86 valence electrons. The number of piperidine rings is 1. The van der Waals surface area contributed by atoms with Gasteiger partial charge < -0.3 is 16.4 Å². The monoisotopic (exact) mass is 221 g/mol. The van der Waals surface area contributed by atoms with Gasteiger partial charge in [-0.1, -0.05) is 0 Å². The van der Waals surface area contributed by atoms with Crippen molar-refractivity contribution in [3.8, 4) is 0 Å². The first-order chi connectivity index (χ1) is 7.66. The first-order valence-corrected chi connectivity index (χ1v) is 5.31. The van der Waals surface area contributed by atoms with Crippen molar-refractivity contribution in [2.75, 3.05) is 18.0 Å². The molecular weight excluding hydrogens is 206 g/mol. The van der Waals surface area contributed by atoms with E-state index in [4.69, 9.17) is 11.5 Å². The van der Waals surface area contributed by atoms with E-state index in [2.05, 4.69) is 15.1 Å². The summed E-state index contributed by atoms with van der Waals surface area (Å²) in [4.78, 5) is 12.9. The Bertz CT molecular complexity index is 377. The average Bonchev–Trinajstić information content (AvgIpc) is 2.29. The maximum Gasteiger partial charge on any atom is 0.269 e. The van der Waals surface area contributed by atoms with Gasteiger partial charge in [-0.25, -0.2) is 0 Å². The molecule has 1 aliphatic heterocycles. The Morgan fingerprint density at radius 3 is 2.81 bits per heavy atom. The third-order valence-electron chi connectivity index (χ3n) is 2.68. The van der Waals surface area contributed by atoms with Crippen LogP contribution in [0, 0.1) is 0 Å². The van der Waals surface area contributed by atoms with Crippen LogP contribution in [0.15, 0.2) is 12.1 Å². The van der Waals surface area contributed by atoms with Crippen LogP contribution in [-0.2, 0) is 0 Å². The predicted octanol–water partition coefficient (Wildman–Crippen LogP) is -0.497. The molecule has 0 aliphatic carbocycles. The number of hydrogen-bond donors (Lipinski definition) is 2. The van der Waals surface area contributed by atoms with Crippen LogP contribution >= 0.6 is 0 Å². The number of amides is 1. The molecule has 1 saturated heterocycles. The SMILES string of the molecule is NC(=O)c1ccc(N2CCC[C@@H](N)C2)nn1. The Kier molecular flexibility index (Phi) is 3.00. The van der Waals surface area contributed by atoms with Crippen LogP contribution < -0.4 is 16.4 Å². The third-order valence-corrected chi connectivity index (χ3v) is 2.68. The summed E-state index contributed by atoms with van der Waals surface area (Å²) in [6.45, 7) is 1.71. The van der Waals surface area contributed by atoms with E-state index in [-0.39, 0.29) is 11.7 Å². The van der Waals surface area contributed by atoms with E-state index in [1.807, 2.05) is 0 Å². The molecule has 0 spiro atoms. The topological polar surface area (TPSA) is 98.1 Å². The second-order valence-corrected chi connectivity index (χ2v) is 3.99. The normalized spacial score (nSPS) is 20.8. The van der Waals surface area contributed by atoms with Gasteiger partial charge in [0.05, 0.1) is 0 Å². The van der Waals surface area contributed by atoms with E-state index < -0.39 is 5.91 Å². The van der Waals surface area contributed by atoms with Crippen LogP contribution in [-0.4, -0.2) is 35.2 Å². The Hall–Kier alpha value is -1.69. The van der Waals surface area contributed by atoms with Gasteiger partial charge in [-0.2, -0.15) is 0 Å². The molecule has 0 aromatic carbocycles. The zero-order valence-corrected chi connectivity index (χ0v) is 8.97. The van der Waals surface area contributed by atoms with Crippen molar-refractivity contribution in [2.45, 2.75) is 18.9 Å². The number of nitrogens with two attached hydrogens (primary N) is 2. The minimum atomic E-state index is -0.561. The lowest BCUT2D eigenvalue weighted by atomic mass is 10.1. The van der Waals surface area contributed by atoms with Crippen LogP contribution in [0.25, 0.3) is 0 Å². The molecule has 1 amide bonds. The van der Waals surface area contributed by atoms with Gasteiger partial charge in [-0.3, -0.25) is 4.79 Å². The van der Waals surface area contributed by atoms with Crippen molar-refractivity contribution in [1.82, 2.24) is 10.2 Å². The largest absolute Gasteiger partial charge is 0.364 e. The van der Waals surface area contributed by atoms with Crippen molar-refractivity contribution in [2.24, 2.45) is 11.5 Å². The molecule has 4 N–H and O–H groups in total. The summed E-state index contributed by atoms with van der Waals surface area (Å²) in [5, 5.41) is 7.75. The van der Waals surface area contributed by atoms with Crippen LogP contribution in [0.2, 0.25) is 0 Å². The zero-order valence-electron chi connectivity index (χ0n) is 8.97. The minimum Gasteiger partial charge on any atom is -0.364 e. The van der Waals surface area contributed by atoms with E-state index in [0.717, 1.165) is 31.7 Å². The van der Waals surface area contributed by atoms with E-state index >= 15 is 0 Å². The number of rotatable bonds is 2. The van der Waals surface area contributed by atoms with Gasteiger partial charge in [0.1, 0.15) is 0 Å². The van der Waals surface area contributed by atoms with Gasteiger partial charge in [-0.05, 0) is 25.0 Å². The van der Waals surface area contributed by atoms with Crippen molar-refractivity contribution in [1.29, 1.82) is 0 Å². The highest BCUT2D eigenvalue weighted by atomic mass is 16.1. The number of aromatic nitrogens is 2. The second-order valence-electron chi connectivity index (χ2n) is 3.99. The van der Waals surface area contributed by atoms with Gasteiger partial charge in [0.2, 0.25) is 0 Å². The molecule has 1 aromatic rings. The molecular formula is C10H15N5O. The number of anilines is 1. The molecule has 2 heterocycles. The number of carbonyl (C=O) groups is 1. The molecule has 1 atom stereocenters. The van der Waals surface area contributed by atoms with E-state index in [9.17, 15) is 4.79 Å². The summed E-state index contributed by atoms with van der Waals surface area (Å²) in [5.74, 6) is 0.189. The summed E-state index contributed by atoms with van der Waals surface area (Å²) in [6.07, 6.45) is 2.10. The van der Waals surface area contributed by atoms with Crippen molar-refractivity contribution in [3.05, 3.63) is 17.8 Å². The lowest BCUT2D eigenvalue weighted by Crippen LogP contribution is -2.43. The fraction of sp³-hybridized carbons (Fsp3) is 0.500. The molecule has 2 rings (SSSR count). The molecule has 16 heavy (non-hydrogen) atoms. The van der Waals surface area contributed by atoms with Crippen LogP contribution in [0.1, 0.15) is 23.3 Å². The summed E-state index contributed by atoms with van der Waals surface area (Å²) in [6, 6.07) is 3.53. The van der Waals surface area contributed by atoms with E-state index in [0.29, 0.717) is 0 Å². The zero-order chi connectivity index (χ0) is 11.5. The van der Waals surface area contributed by atoms with E-state index in [1.165, 1.54) is 0 Å². The smallest absolute Gasteiger partial charge is 0.269 e. The van der Waals surface area contributed by atoms with Gasteiger partial charge in [0.25, 0.3) is 5.91 Å². The number of nitrogens with zero attached hydrogens (tertiary/aromatic N) is 3. The molecule has 6 nitrogen and oxygen atoms in total. The van der Waals surface area contributed by atoms with Gasteiger partial charge in [0, 0.05) is 19.1 Å². The minimum absolute atomic E-state index is 0.185. The number of hydrogen-bond acceptors (Lipinski definition) is 5. The van der Waals surface area contributed by atoms with Crippen LogP contribution in [0.5, 0.6) is 0 Å². The summed E-state index contributed by atoms with van der Waals surface area (Å²) in [5.41, 5.74) is 11.2. The van der Waals surface area contributed by atoms with Crippen LogP contribution in [0.3, 0.4) is 0 Å². The van der Waals surface area contributed by atoms with Gasteiger partial charge in [-0.15, -0.1) is 10.2 Å². The van der Waals surface area contributed by atoms with Crippen molar-refractivity contribution in [3.63, 3.8) is 0 Å². The van der Waals surface area contributed by atoms with Crippen molar-refractivity contribution < 1.29 is 4.79 Å².